The molecule has 0 radical (unpaired) electrons. The predicted octanol–water partition coefficient (Wildman–Crippen LogP) is 3.30. The Morgan fingerprint density at radius 1 is 1.44 bits per heavy atom. The Morgan fingerprint density at radius 2 is 1.89 bits per heavy atom. The van der Waals surface area contributed by atoms with Crippen LogP contribution in [0.15, 0.2) is 12.2 Å². The van der Waals surface area contributed by atoms with E-state index in [1.807, 2.05) is 13.8 Å². The molecular weight excluding hydrogens is 162 g/mol. The molecule has 0 unspecified atom stereocenters. The molecule has 0 heterocycles. The van der Waals surface area contributed by atoms with Gasteiger partial charge in [-0.15, -0.1) is 0 Å². The number of halogens is 3. The van der Waals surface area contributed by atoms with Gasteiger partial charge < -0.3 is 0 Å². The van der Waals surface area contributed by atoms with Gasteiger partial charge in [0, 0.05) is 0 Å². The third-order valence-electron chi connectivity index (χ3n) is 0.670. The lowest BCUT2D eigenvalue weighted by atomic mass is 10.2. The molecule has 9 heavy (non-hydrogen) atoms. The molecular formula is C6H9Cl2F. The van der Waals surface area contributed by atoms with Crippen molar-refractivity contribution in [1.29, 1.82) is 0 Å². The van der Waals surface area contributed by atoms with Crippen molar-refractivity contribution in [2.24, 2.45) is 5.92 Å². The zero-order valence-electron chi connectivity index (χ0n) is 5.37. The first-order valence-corrected chi connectivity index (χ1v) is 3.43. The quantitative estimate of drug-likeness (QED) is 0.441. The van der Waals surface area contributed by atoms with Gasteiger partial charge >= 0.3 is 0 Å². The summed E-state index contributed by atoms with van der Waals surface area (Å²) in [5, 5.41) is 0. The van der Waals surface area contributed by atoms with E-state index in [-0.39, 0.29) is 5.92 Å². The van der Waals surface area contributed by atoms with E-state index in [2.05, 4.69) is 0 Å². The Labute approximate surface area is 64.6 Å². The van der Waals surface area contributed by atoms with E-state index in [0.29, 0.717) is 0 Å². The predicted molar refractivity (Wildman–Crippen MR) is 39.5 cm³/mol. The lowest BCUT2D eigenvalue weighted by molar-refractivity contribution is 0.461. The minimum Gasteiger partial charge on any atom is -0.203 e. The van der Waals surface area contributed by atoms with Crippen LogP contribution in [0.5, 0.6) is 0 Å². The highest BCUT2D eigenvalue weighted by molar-refractivity contribution is 6.48. The Balaban J connectivity index is 3.71. The van der Waals surface area contributed by atoms with E-state index in [1.54, 1.807) is 6.08 Å². The maximum atomic E-state index is 12.2. The van der Waals surface area contributed by atoms with Gasteiger partial charge in [0.2, 0.25) is 0 Å². The van der Waals surface area contributed by atoms with Crippen molar-refractivity contribution in [3.8, 4) is 0 Å². The molecule has 0 aromatic heterocycles. The van der Waals surface area contributed by atoms with E-state index >= 15 is 0 Å². The summed E-state index contributed by atoms with van der Waals surface area (Å²) in [7, 11) is 0. The van der Waals surface area contributed by atoms with Crippen LogP contribution in [0.3, 0.4) is 0 Å². The first-order chi connectivity index (χ1) is 3.92. The number of hydrogen-bond donors (Lipinski definition) is 0. The second kappa shape index (κ2) is 3.43. The van der Waals surface area contributed by atoms with E-state index in [4.69, 9.17) is 23.2 Å². The van der Waals surface area contributed by atoms with Gasteiger partial charge in [0.1, 0.15) is 0 Å². The van der Waals surface area contributed by atoms with Gasteiger partial charge in [-0.05, 0) is 12.0 Å². The molecule has 0 bridgehead atoms. The number of rotatable bonds is 2. The van der Waals surface area contributed by atoms with Gasteiger partial charge in [-0.25, -0.2) is 4.39 Å². The Bertz CT molecular complexity index is 102. The molecule has 0 nitrogen and oxygen atoms in total. The zero-order chi connectivity index (χ0) is 7.49. The zero-order valence-corrected chi connectivity index (χ0v) is 6.88. The van der Waals surface area contributed by atoms with Crippen LogP contribution in [-0.4, -0.2) is 4.59 Å². The first kappa shape index (κ1) is 9.25. The van der Waals surface area contributed by atoms with Crippen LogP contribution in [0.2, 0.25) is 0 Å². The van der Waals surface area contributed by atoms with E-state index in [1.165, 1.54) is 0 Å². The van der Waals surface area contributed by atoms with Gasteiger partial charge in [-0.3, -0.25) is 0 Å². The van der Waals surface area contributed by atoms with Crippen molar-refractivity contribution in [3.63, 3.8) is 0 Å². The summed E-state index contributed by atoms with van der Waals surface area (Å²) >= 11 is 9.98. The highest BCUT2D eigenvalue weighted by atomic mass is 35.5. The molecule has 0 aliphatic carbocycles. The number of allylic oxidation sites excluding steroid dienone is 2. The second-order valence-corrected chi connectivity index (χ2v) is 3.44. The normalized spacial score (nSPS) is 13.6. The summed E-state index contributed by atoms with van der Waals surface area (Å²) in [6.07, 6.45) is 2.74. The molecule has 0 fully saturated rings. The summed E-state index contributed by atoms with van der Waals surface area (Å²) in [6.45, 7) is 3.83. The van der Waals surface area contributed by atoms with Crippen molar-refractivity contribution in [2.75, 3.05) is 0 Å². The van der Waals surface area contributed by atoms with Crippen molar-refractivity contribution >= 4 is 23.2 Å². The van der Waals surface area contributed by atoms with Gasteiger partial charge in [0.15, 0.2) is 0 Å². The first-order valence-electron chi connectivity index (χ1n) is 2.68. The molecule has 0 aromatic rings. The fraction of sp³-hybridized carbons (Fsp3) is 0.667. The minimum atomic E-state index is -2.20. The Morgan fingerprint density at radius 3 is 2.00 bits per heavy atom. The van der Waals surface area contributed by atoms with E-state index < -0.39 is 4.59 Å². The summed E-state index contributed by atoms with van der Waals surface area (Å²) in [5.41, 5.74) is 0. The van der Waals surface area contributed by atoms with Crippen LogP contribution in [0.1, 0.15) is 13.8 Å². The minimum absolute atomic E-state index is 0.276. The number of hydrogen-bond acceptors (Lipinski definition) is 0. The second-order valence-electron chi connectivity index (χ2n) is 2.14. The van der Waals surface area contributed by atoms with Gasteiger partial charge in [0.05, 0.1) is 0 Å². The highest BCUT2D eigenvalue weighted by Crippen LogP contribution is 2.24. The van der Waals surface area contributed by atoms with Crippen molar-refractivity contribution < 1.29 is 4.39 Å². The van der Waals surface area contributed by atoms with Crippen LogP contribution >= 0.6 is 23.2 Å². The van der Waals surface area contributed by atoms with Crippen LogP contribution in [0, 0.1) is 5.92 Å². The summed E-state index contributed by atoms with van der Waals surface area (Å²) in [5.74, 6) is 0.276. The molecule has 0 rings (SSSR count). The maximum Gasteiger partial charge on any atom is 0.276 e. The summed E-state index contributed by atoms with van der Waals surface area (Å²) in [4.78, 5) is 0. The molecule has 0 amide bonds. The lowest BCUT2D eigenvalue weighted by Crippen LogP contribution is -1.97. The van der Waals surface area contributed by atoms with Gasteiger partial charge in [-0.2, -0.15) is 0 Å². The van der Waals surface area contributed by atoms with Crippen molar-refractivity contribution in [3.05, 3.63) is 12.2 Å². The molecule has 0 aliphatic rings. The summed E-state index contributed by atoms with van der Waals surface area (Å²) in [6, 6.07) is 0. The van der Waals surface area contributed by atoms with Crippen LogP contribution in [-0.2, 0) is 0 Å². The standard InChI is InChI=1S/C6H9Cl2F/c1-5(2)3-4-6(7,8)9/h3-5H,1-2H3. The lowest BCUT2D eigenvalue weighted by Gasteiger charge is -2.01. The molecule has 0 aliphatic heterocycles. The SMILES string of the molecule is CC(C)C=CC(F)(Cl)Cl. The maximum absolute atomic E-state index is 12.2. The van der Waals surface area contributed by atoms with E-state index in [0.717, 1.165) is 6.08 Å². The van der Waals surface area contributed by atoms with Crippen molar-refractivity contribution in [2.45, 2.75) is 18.4 Å². The fourth-order valence-corrected chi connectivity index (χ4v) is 0.447. The smallest absolute Gasteiger partial charge is 0.203 e. The summed E-state index contributed by atoms with van der Waals surface area (Å²) < 4.78 is 9.99. The molecule has 0 aromatic carbocycles. The Kier molecular flexibility index (Phi) is 3.52. The van der Waals surface area contributed by atoms with Crippen molar-refractivity contribution in [1.82, 2.24) is 0 Å². The largest absolute Gasteiger partial charge is 0.276 e. The highest BCUT2D eigenvalue weighted by Gasteiger charge is 2.15. The molecule has 0 saturated carbocycles. The van der Waals surface area contributed by atoms with Crippen LogP contribution < -0.4 is 0 Å². The third-order valence-corrected chi connectivity index (χ3v) is 0.922. The molecule has 0 atom stereocenters. The third kappa shape index (κ3) is 8.25. The average Bonchev–Trinajstić information content (AvgIpc) is 1.59. The van der Waals surface area contributed by atoms with Gasteiger partial charge in [-0.1, -0.05) is 43.1 Å². The monoisotopic (exact) mass is 170 g/mol. The van der Waals surface area contributed by atoms with Crippen LogP contribution in [0.25, 0.3) is 0 Å². The molecule has 3 heteroatoms. The molecule has 54 valence electrons. The topological polar surface area (TPSA) is 0 Å². The average molecular weight is 171 g/mol. The van der Waals surface area contributed by atoms with E-state index in [9.17, 15) is 4.39 Å². The Hall–Kier alpha value is 0.250. The molecule has 0 saturated heterocycles. The fourth-order valence-electron chi connectivity index (χ4n) is 0.302. The molecule has 0 spiro atoms. The van der Waals surface area contributed by atoms with Crippen LogP contribution in [0.4, 0.5) is 4.39 Å². The molecule has 0 N–H and O–H groups in total. The number of alkyl halides is 3. The van der Waals surface area contributed by atoms with Gasteiger partial charge in [0.25, 0.3) is 4.59 Å².